The van der Waals surface area contributed by atoms with Gasteiger partial charge < -0.3 is 10.2 Å². The van der Waals surface area contributed by atoms with Gasteiger partial charge in [-0.3, -0.25) is 4.79 Å². The van der Waals surface area contributed by atoms with Crippen molar-refractivity contribution in [1.82, 2.24) is 0 Å². The van der Waals surface area contributed by atoms with Crippen LogP contribution in [0.2, 0.25) is 0 Å². The van der Waals surface area contributed by atoms with Gasteiger partial charge in [-0.05, 0) is 79.4 Å². The Bertz CT molecular complexity index is 710. The third kappa shape index (κ3) is 4.59. The second kappa shape index (κ2) is 9.27. The third-order valence-electron chi connectivity index (χ3n) is 9.75. The van der Waals surface area contributed by atoms with Gasteiger partial charge in [0.2, 0.25) is 0 Å². The first kappa shape index (κ1) is 24.3. The largest absolute Gasteiger partial charge is 0.481 e. The highest BCUT2D eigenvalue weighted by molar-refractivity contribution is 5.88. The predicted octanol–water partition coefficient (Wildman–Crippen LogP) is 6.79. The minimum Gasteiger partial charge on any atom is -0.481 e. The Morgan fingerprint density at radius 1 is 1.06 bits per heavy atom. The molecule has 0 heterocycles. The van der Waals surface area contributed by atoms with Gasteiger partial charge in [-0.1, -0.05) is 60.0 Å². The van der Waals surface area contributed by atoms with Crippen molar-refractivity contribution in [3.63, 3.8) is 0 Å². The zero-order valence-corrected chi connectivity index (χ0v) is 20.3. The number of hydrogen-bond donors (Lipinski definition) is 2. The van der Waals surface area contributed by atoms with Gasteiger partial charge in [0.05, 0.1) is 0 Å². The molecule has 0 aromatic rings. The van der Waals surface area contributed by atoms with Crippen LogP contribution < -0.4 is 0 Å². The third-order valence-corrected chi connectivity index (χ3v) is 9.75. The summed E-state index contributed by atoms with van der Waals surface area (Å²) in [4.78, 5) is 23.4. The Kier molecular flexibility index (Phi) is 7.28. The molecule has 0 amide bonds. The van der Waals surface area contributed by atoms with E-state index in [1.807, 2.05) is 13.0 Å². The fourth-order valence-corrected chi connectivity index (χ4v) is 8.14. The Hall–Kier alpha value is -1.32. The summed E-state index contributed by atoms with van der Waals surface area (Å²) in [7, 11) is 0. The number of fused-ring (bicyclic) bond motifs is 3. The molecule has 3 aliphatic rings. The molecule has 2 N–H and O–H groups in total. The summed E-state index contributed by atoms with van der Waals surface area (Å²) in [6, 6.07) is 0. The van der Waals surface area contributed by atoms with E-state index in [0.29, 0.717) is 29.2 Å². The van der Waals surface area contributed by atoms with Gasteiger partial charge in [0, 0.05) is 17.4 Å². The average Bonchev–Trinajstić information content (AvgIpc) is 3.03. The van der Waals surface area contributed by atoms with Crippen LogP contribution in [-0.4, -0.2) is 22.2 Å². The highest BCUT2D eigenvalue weighted by atomic mass is 16.4. The van der Waals surface area contributed by atoms with E-state index in [2.05, 4.69) is 27.7 Å². The van der Waals surface area contributed by atoms with Crippen molar-refractivity contribution in [3.8, 4) is 0 Å². The number of carbonyl (C=O) groups is 2. The lowest BCUT2D eigenvalue weighted by Gasteiger charge is -2.56. The molecule has 0 aromatic carbocycles. The number of hydrogen-bond acceptors (Lipinski definition) is 2. The number of rotatable bonds is 9. The first-order valence-corrected chi connectivity index (χ1v) is 12.7. The van der Waals surface area contributed by atoms with Gasteiger partial charge >= 0.3 is 11.9 Å². The molecule has 2 saturated carbocycles. The maximum Gasteiger partial charge on any atom is 0.331 e. The zero-order chi connectivity index (χ0) is 23.0. The molecule has 0 saturated heterocycles. The minimum absolute atomic E-state index is 0.0434. The molecule has 0 bridgehead atoms. The molecule has 176 valence electrons. The number of carboxylic acid groups (broad SMARTS) is 2. The fourth-order valence-electron chi connectivity index (χ4n) is 8.14. The van der Waals surface area contributed by atoms with E-state index >= 15 is 0 Å². The molecule has 0 unspecified atom stereocenters. The van der Waals surface area contributed by atoms with Crippen molar-refractivity contribution in [3.05, 3.63) is 11.6 Å². The molecular formula is C27H44O4. The molecule has 31 heavy (non-hydrogen) atoms. The molecule has 2 fully saturated rings. The minimum atomic E-state index is -0.859. The molecule has 7 atom stereocenters. The van der Waals surface area contributed by atoms with Gasteiger partial charge in [0.15, 0.2) is 0 Å². The van der Waals surface area contributed by atoms with Crippen molar-refractivity contribution >= 4 is 11.9 Å². The first-order valence-electron chi connectivity index (χ1n) is 12.7. The van der Waals surface area contributed by atoms with Crippen LogP contribution in [0.15, 0.2) is 11.6 Å². The summed E-state index contributed by atoms with van der Waals surface area (Å²) >= 11 is 0. The number of carboxylic acids is 2. The van der Waals surface area contributed by atoms with Crippen LogP contribution in [-0.2, 0) is 9.59 Å². The van der Waals surface area contributed by atoms with Gasteiger partial charge in [-0.15, -0.1) is 0 Å². The number of allylic oxidation sites excluding steroid dienone is 1. The van der Waals surface area contributed by atoms with Gasteiger partial charge in [-0.25, -0.2) is 4.79 Å². The van der Waals surface area contributed by atoms with Crippen molar-refractivity contribution < 1.29 is 19.8 Å². The van der Waals surface area contributed by atoms with Crippen LogP contribution in [0.1, 0.15) is 98.8 Å². The summed E-state index contributed by atoms with van der Waals surface area (Å²) in [5.74, 6) is 2.02. The molecule has 4 nitrogen and oxygen atoms in total. The van der Waals surface area contributed by atoms with E-state index in [9.17, 15) is 19.8 Å². The maximum atomic E-state index is 12.1. The van der Waals surface area contributed by atoms with Crippen molar-refractivity contribution in [2.75, 3.05) is 0 Å². The Balaban J connectivity index is 1.80. The van der Waals surface area contributed by atoms with Crippen LogP contribution in [0, 0.1) is 46.3 Å². The molecule has 0 spiro atoms. The Morgan fingerprint density at radius 2 is 1.77 bits per heavy atom. The van der Waals surface area contributed by atoms with E-state index in [4.69, 9.17) is 0 Å². The molecule has 3 aliphatic carbocycles. The van der Waals surface area contributed by atoms with Crippen LogP contribution in [0.4, 0.5) is 0 Å². The standard InChI is InChI=1S/C27H44O4/c1-17(2)7-6-8-18(3)20-11-12-21-19-9-10-23(25(30)31)27(5,16-14-24(28)29)22(19)13-15-26(20,21)4/h10,17-22H,6-9,11-16H2,1-5H3,(H,28,29)(H,30,31)/t18-,19-,20+,21+,22-,26-,27+/m1/s1. The Morgan fingerprint density at radius 3 is 2.39 bits per heavy atom. The molecule has 4 heteroatoms. The molecule has 0 radical (unpaired) electrons. The second-order valence-electron chi connectivity index (χ2n) is 11.9. The van der Waals surface area contributed by atoms with Crippen LogP contribution in [0.3, 0.4) is 0 Å². The van der Waals surface area contributed by atoms with Gasteiger partial charge in [0.1, 0.15) is 0 Å². The summed E-state index contributed by atoms with van der Waals surface area (Å²) in [5, 5.41) is 19.2. The summed E-state index contributed by atoms with van der Waals surface area (Å²) < 4.78 is 0. The first-order chi connectivity index (χ1) is 14.5. The number of aliphatic carboxylic acids is 2. The SMILES string of the molecule is CC(C)CCC[C@@H](C)[C@@H]1CC[C@H]2[C@H]3CC=C(C(=O)O)[C@@](C)(CCC(=O)O)[C@@H]3CC[C@@]21C. The van der Waals surface area contributed by atoms with Crippen molar-refractivity contribution in [2.45, 2.75) is 98.8 Å². The van der Waals surface area contributed by atoms with E-state index in [-0.39, 0.29) is 12.3 Å². The fraction of sp³-hybridized carbons (Fsp3) is 0.852. The lowest BCUT2D eigenvalue weighted by molar-refractivity contribution is -0.140. The van der Waals surface area contributed by atoms with E-state index in [0.717, 1.165) is 37.0 Å². The molecule has 0 aromatic heterocycles. The van der Waals surface area contributed by atoms with Crippen molar-refractivity contribution in [2.24, 2.45) is 46.3 Å². The highest BCUT2D eigenvalue weighted by Crippen LogP contribution is 2.66. The monoisotopic (exact) mass is 432 g/mol. The Labute approximate surface area is 188 Å². The average molecular weight is 433 g/mol. The van der Waals surface area contributed by atoms with Gasteiger partial charge in [0.25, 0.3) is 0 Å². The van der Waals surface area contributed by atoms with E-state index in [1.54, 1.807) is 0 Å². The predicted molar refractivity (Wildman–Crippen MR) is 124 cm³/mol. The van der Waals surface area contributed by atoms with Gasteiger partial charge in [-0.2, -0.15) is 0 Å². The second-order valence-corrected chi connectivity index (χ2v) is 11.9. The highest BCUT2D eigenvalue weighted by Gasteiger charge is 2.59. The van der Waals surface area contributed by atoms with Crippen LogP contribution in [0.25, 0.3) is 0 Å². The lowest BCUT2D eigenvalue weighted by atomic mass is 9.48. The topological polar surface area (TPSA) is 74.6 Å². The summed E-state index contributed by atoms with van der Waals surface area (Å²) in [6.45, 7) is 11.6. The van der Waals surface area contributed by atoms with Crippen molar-refractivity contribution in [1.29, 1.82) is 0 Å². The lowest BCUT2D eigenvalue weighted by Crippen LogP contribution is -2.50. The zero-order valence-electron chi connectivity index (χ0n) is 20.3. The molecule has 3 rings (SSSR count). The van der Waals surface area contributed by atoms with E-state index < -0.39 is 17.4 Å². The quantitative estimate of drug-likeness (QED) is 0.420. The smallest absolute Gasteiger partial charge is 0.331 e. The maximum absolute atomic E-state index is 12.1. The van der Waals surface area contributed by atoms with Crippen LogP contribution in [0.5, 0.6) is 0 Å². The van der Waals surface area contributed by atoms with E-state index in [1.165, 1.54) is 32.1 Å². The summed E-state index contributed by atoms with van der Waals surface area (Å²) in [5.41, 5.74) is 0.283. The molecule has 0 aliphatic heterocycles. The van der Waals surface area contributed by atoms with Crippen LogP contribution >= 0.6 is 0 Å². The molecular weight excluding hydrogens is 388 g/mol. The normalized spacial score (nSPS) is 38.3. The summed E-state index contributed by atoms with van der Waals surface area (Å²) in [6.07, 6.45) is 12.0.